The molecule has 0 aromatic rings. The van der Waals surface area contributed by atoms with E-state index in [-0.39, 0.29) is 18.6 Å². The van der Waals surface area contributed by atoms with Gasteiger partial charge in [-0.15, -0.1) is 0 Å². The van der Waals surface area contributed by atoms with Gasteiger partial charge in [0, 0.05) is 13.2 Å². The van der Waals surface area contributed by atoms with Crippen LogP contribution >= 0.6 is 0 Å². The second kappa shape index (κ2) is 39.9. The largest absolute Gasteiger partial charge is 0.379 e. The number of hydrogen-bond acceptors (Lipinski definition) is 4. The van der Waals surface area contributed by atoms with Crippen molar-refractivity contribution in [3.05, 3.63) is 0 Å². The lowest BCUT2D eigenvalue weighted by molar-refractivity contribution is -0.0835. The van der Waals surface area contributed by atoms with E-state index in [2.05, 4.69) is 208 Å². The Morgan fingerprint density at radius 2 is 0.842 bits per heavy atom. The molecule has 0 heterocycles. The van der Waals surface area contributed by atoms with Gasteiger partial charge in [0.15, 0.2) is 0 Å². The van der Waals surface area contributed by atoms with Crippen molar-refractivity contribution < 1.29 is 18.9 Å². The molecule has 1 atom stereocenters. The second-order valence-corrected chi connectivity index (χ2v) is 22.4. The van der Waals surface area contributed by atoms with Crippen molar-refractivity contribution in [1.82, 2.24) is 0 Å². The van der Waals surface area contributed by atoms with Crippen LogP contribution < -0.4 is 0 Å². The maximum atomic E-state index is 5.70. The monoisotopic (exact) mass is 821 g/mol. The van der Waals surface area contributed by atoms with Crippen molar-refractivity contribution in [2.24, 2.45) is 52.8 Å². The van der Waals surface area contributed by atoms with Crippen molar-refractivity contribution in [2.45, 2.75) is 283 Å². The Kier molecular flexibility index (Phi) is 50.0. The number of ether oxygens (including phenoxy) is 4. The Bertz CT molecular complexity index is 722. The van der Waals surface area contributed by atoms with Crippen LogP contribution in [-0.4, -0.2) is 48.8 Å². The van der Waals surface area contributed by atoms with E-state index in [1.54, 1.807) is 0 Å². The van der Waals surface area contributed by atoms with Crippen LogP contribution in [0, 0.1) is 52.8 Å². The molecule has 0 fully saturated rings. The standard InChI is InChI=1S/C10H22.2C9H20O.C9H20.C8H18O.C7H16O.CH4/c1-8(2)7-10(5,6)9(3)4;1-8(2)6-7-10-9(3,4)5;1-7(2)9(5,6)10-8(3)4;1-8(2)6-5-7-9(3)4;1-6(2)8(5)9-7(3)4;1-6(2)5-8-7(3)4;/h8-9H,7H2,1-6H3;8H,6-7H2,1-5H3;7-8H,1-6H3;8-9H,5-7H2,1-4H3;6-8H,1-5H3;6-7H,5H2,1-4H3;1H4. The molecule has 0 aliphatic heterocycles. The van der Waals surface area contributed by atoms with Crippen molar-refractivity contribution >= 4 is 0 Å². The number of rotatable bonds is 19. The summed E-state index contributed by atoms with van der Waals surface area (Å²) in [6.07, 6.45) is 8.19. The Balaban J connectivity index is -0.000000105. The average molecular weight is 822 g/mol. The molecule has 0 N–H and O–H groups in total. The predicted molar refractivity (Wildman–Crippen MR) is 265 cm³/mol. The average Bonchev–Trinajstić information content (AvgIpc) is 2.94. The third kappa shape index (κ3) is 70.7. The fourth-order valence-corrected chi connectivity index (χ4v) is 4.54. The summed E-state index contributed by atoms with van der Waals surface area (Å²) in [4.78, 5) is 0. The lowest BCUT2D eigenvalue weighted by Crippen LogP contribution is -2.33. The Labute approximate surface area is 366 Å². The highest BCUT2D eigenvalue weighted by molar-refractivity contribution is 4.74. The summed E-state index contributed by atoms with van der Waals surface area (Å²) in [6, 6.07) is 0. The molecule has 0 amide bonds. The minimum absolute atomic E-state index is 0. The third-order valence-corrected chi connectivity index (χ3v) is 9.41. The van der Waals surface area contributed by atoms with Crippen LogP contribution in [-0.2, 0) is 18.9 Å². The van der Waals surface area contributed by atoms with Gasteiger partial charge >= 0.3 is 0 Å². The van der Waals surface area contributed by atoms with Crippen LogP contribution in [0.2, 0.25) is 0 Å². The van der Waals surface area contributed by atoms with Gasteiger partial charge in [-0.2, -0.15) is 0 Å². The van der Waals surface area contributed by atoms with E-state index in [4.69, 9.17) is 18.9 Å². The van der Waals surface area contributed by atoms with E-state index in [0.717, 1.165) is 49.2 Å². The molecule has 4 heteroatoms. The molecule has 0 rings (SSSR count). The van der Waals surface area contributed by atoms with Crippen LogP contribution in [0.25, 0.3) is 0 Å². The van der Waals surface area contributed by atoms with Crippen molar-refractivity contribution in [3.8, 4) is 0 Å². The fourth-order valence-electron chi connectivity index (χ4n) is 4.54. The van der Waals surface area contributed by atoms with Gasteiger partial charge in [-0.1, -0.05) is 151 Å². The van der Waals surface area contributed by atoms with E-state index < -0.39 is 0 Å². The smallest absolute Gasteiger partial charge is 0.0652 e. The molecule has 0 aromatic carbocycles. The molecule has 0 radical (unpaired) electrons. The van der Waals surface area contributed by atoms with Gasteiger partial charge in [0.1, 0.15) is 0 Å². The Morgan fingerprint density at radius 3 is 1.00 bits per heavy atom. The summed E-state index contributed by atoms with van der Waals surface area (Å²) in [5.74, 6) is 6.04. The van der Waals surface area contributed by atoms with Gasteiger partial charge < -0.3 is 18.9 Å². The fraction of sp³-hybridized carbons (Fsp3) is 1.00. The quantitative estimate of drug-likeness (QED) is 0.130. The van der Waals surface area contributed by atoms with E-state index in [1.165, 1.54) is 25.7 Å². The maximum Gasteiger partial charge on any atom is 0.0652 e. The van der Waals surface area contributed by atoms with Crippen molar-refractivity contribution in [2.75, 3.05) is 13.2 Å². The molecule has 0 aromatic heterocycles. The highest BCUT2D eigenvalue weighted by atomic mass is 16.5. The SMILES string of the molecule is C.CC(C)CC(C)(C)C(C)C.CC(C)CCCC(C)C.CC(C)CCOC(C)(C)C.CC(C)COC(C)C.CC(C)OC(C)(C)C(C)C.CC(C)OC(C)C(C)C. The van der Waals surface area contributed by atoms with E-state index in [0.29, 0.717) is 47.6 Å². The molecule has 0 bridgehead atoms. The maximum absolute atomic E-state index is 5.70. The first-order valence-corrected chi connectivity index (χ1v) is 23.5. The highest BCUT2D eigenvalue weighted by Gasteiger charge is 2.24. The molecule has 0 saturated heterocycles. The van der Waals surface area contributed by atoms with E-state index in [1.807, 2.05) is 0 Å². The lowest BCUT2D eigenvalue weighted by atomic mass is 9.75. The molecule has 0 saturated carbocycles. The van der Waals surface area contributed by atoms with Gasteiger partial charge in [0.2, 0.25) is 0 Å². The third-order valence-electron chi connectivity index (χ3n) is 9.41. The first-order chi connectivity index (χ1) is 24.9. The molecule has 4 nitrogen and oxygen atoms in total. The predicted octanol–water partition coefficient (Wildman–Crippen LogP) is 18.0. The molecule has 0 spiro atoms. The van der Waals surface area contributed by atoms with Gasteiger partial charge in [0.05, 0.1) is 35.6 Å². The zero-order chi connectivity index (χ0) is 46.2. The van der Waals surface area contributed by atoms with Crippen LogP contribution in [0.3, 0.4) is 0 Å². The Hall–Kier alpha value is -0.160. The molecule has 356 valence electrons. The minimum atomic E-state index is 0. The molecule has 1 unspecified atom stereocenters. The zero-order valence-electron chi connectivity index (χ0n) is 45.0. The molecule has 0 aliphatic rings. The second-order valence-electron chi connectivity index (χ2n) is 22.4. The van der Waals surface area contributed by atoms with Gasteiger partial charge in [0.25, 0.3) is 0 Å². The molecule has 57 heavy (non-hydrogen) atoms. The Morgan fingerprint density at radius 1 is 0.439 bits per heavy atom. The molecule has 0 aliphatic carbocycles. The molecular weight excluding hydrogens is 701 g/mol. The summed E-state index contributed by atoms with van der Waals surface area (Å²) < 4.78 is 22.1. The van der Waals surface area contributed by atoms with Crippen molar-refractivity contribution in [3.63, 3.8) is 0 Å². The number of hydrogen-bond donors (Lipinski definition) is 0. The van der Waals surface area contributed by atoms with Crippen LogP contribution in [0.5, 0.6) is 0 Å². The first kappa shape index (κ1) is 71.3. The summed E-state index contributed by atoms with van der Waals surface area (Å²) >= 11 is 0. The summed E-state index contributed by atoms with van der Waals surface area (Å²) in [5.41, 5.74) is 0.581. The zero-order valence-corrected chi connectivity index (χ0v) is 45.0. The summed E-state index contributed by atoms with van der Waals surface area (Å²) in [5, 5.41) is 0. The summed E-state index contributed by atoms with van der Waals surface area (Å²) in [7, 11) is 0. The van der Waals surface area contributed by atoms with Crippen LogP contribution in [0.4, 0.5) is 0 Å². The normalized spacial score (nSPS) is 12.6. The molecular formula is C53H120O4. The van der Waals surface area contributed by atoms with E-state index in [9.17, 15) is 0 Å². The minimum Gasteiger partial charge on any atom is -0.379 e. The van der Waals surface area contributed by atoms with Gasteiger partial charge in [-0.3, -0.25) is 0 Å². The van der Waals surface area contributed by atoms with Gasteiger partial charge in [-0.05, 0) is 149 Å². The van der Waals surface area contributed by atoms with E-state index >= 15 is 0 Å². The van der Waals surface area contributed by atoms with Gasteiger partial charge in [-0.25, -0.2) is 0 Å². The topological polar surface area (TPSA) is 36.9 Å². The van der Waals surface area contributed by atoms with Crippen LogP contribution in [0.1, 0.15) is 247 Å². The lowest BCUT2D eigenvalue weighted by Gasteiger charge is -2.31. The highest BCUT2D eigenvalue weighted by Crippen LogP contribution is 2.33. The van der Waals surface area contributed by atoms with Crippen molar-refractivity contribution in [1.29, 1.82) is 0 Å². The first-order valence-electron chi connectivity index (χ1n) is 23.5. The summed E-state index contributed by atoms with van der Waals surface area (Å²) in [6.45, 7) is 67.4. The van der Waals surface area contributed by atoms with Crippen LogP contribution in [0.15, 0.2) is 0 Å².